The highest BCUT2D eigenvalue weighted by atomic mass is 16.4. The number of hydrogen-bond acceptors (Lipinski definition) is 5. The third kappa shape index (κ3) is 3.03. The summed E-state index contributed by atoms with van der Waals surface area (Å²) < 4.78 is 0. The van der Waals surface area contributed by atoms with Crippen LogP contribution < -0.4 is 5.32 Å². The Hall–Kier alpha value is -3.22. The molecule has 3 rings (SSSR count). The summed E-state index contributed by atoms with van der Waals surface area (Å²) in [5, 5.41) is 12.4. The highest BCUT2D eigenvalue weighted by Gasteiger charge is 2.11. The lowest BCUT2D eigenvalue weighted by atomic mass is 10.1. The lowest BCUT2D eigenvalue weighted by molar-refractivity contribution is -0.134. The van der Waals surface area contributed by atoms with E-state index in [0.717, 1.165) is 10.9 Å². The van der Waals surface area contributed by atoms with Crippen LogP contribution >= 0.6 is 0 Å². The standard InChI is InChI=1S/C16H14N4O3/c1-9(21)10-2-3-13(18-7-10)12-6-14(19-8-15(22)23)20-16-11(12)4-5-17-16/h2-7H,8H2,1H3,(H,22,23)(H2,17,19,20). The number of carboxylic acid groups (broad SMARTS) is 1. The van der Waals surface area contributed by atoms with Gasteiger partial charge in [-0.1, -0.05) is 0 Å². The first-order valence-electron chi connectivity index (χ1n) is 6.96. The van der Waals surface area contributed by atoms with Crippen molar-refractivity contribution < 1.29 is 14.7 Å². The average Bonchev–Trinajstić information content (AvgIpc) is 3.00. The van der Waals surface area contributed by atoms with Crippen LogP contribution in [0.5, 0.6) is 0 Å². The zero-order valence-electron chi connectivity index (χ0n) is 12.3. The third-order valence-corrected chi connectivity index (χ3v) is 3.40. The molecule has 0 aliphatic heterocycles. The van der Waals surface area contributed by atoms with E-state index in [-0.39, 0.29) is 12.3 Å². The van der Waals surface area contributed by atoms with Crippen molar-refractivity contribution >= 4 is 28.6 Å². The largest absolute Gasteiger partial charge is 0.480 e. The molecule has 0 bridgehead atoms. The first-order chi connectivity index (χ1) is 11.0. The van der Waals surface area contributed by atoms with E-state index < -0.39 is 5.97 Å². The normalized spacial score (nSPS) is 10.7. The summed E-state index contributed by atoms with van der Waals surface area (Å²) in [6.07, 6.45) is 3.28. The quantitative estimate of drug-likeness (QED) is 0.624. The number of aromatic nitrogens is 3. The van der Waals surface area contributed by atoms with Crippen LogP contribution in [0.4, 0.5) is 5.82 Å². The topological polar surface area (TPSA) is 108 Å². The van der Waals surface area contributed by atoms with Crippen molar-refractivity contribution in [3.8, 4) is 11.3 Å². The van der Waals surface area contributed by atoms with E-state index in [1.807, 2.05) is 6.07 Å². The first-order valence-corrected chi connectivity index (χ1v) is 6.96. The predicted molar refractivity (Wildman–Crippen MR) is 85.5 cm³/mol. The van der Waals surface area contributed by atoms with Crippen LogP contribution in [0.15, 0.2) is 36.7 Å². The molecule has 7 nitrogen and oxygen atoms in total. The van der Waals surface area contributed by atoms with Gasteiger partial charge in [-0.25, -0.2) is 4.98 Å². The lowest BCUT2D eigenvalue weighted by Crippen LogP contribution is -2.13. The monoisotopic (exact) mass is 310 g/mol. The summed E-state index contributed by atoms with van der Waals surface area (Å²) in [6, 6.07) is 7.10. The number of pyridine rings is 2. The molecule has 3 aromatic rings. The Morgan fingerprint density at radius 1 is 1.30 bits per heavy atom. The summed E-state index contributed by atoms with van der Waals surface area (Å²) in [5.74, 6) is -0.576. The summed E-state index contributed by atoms with van der Waals surface area (Å²) in [5.41, 5.74) is 2.66. The van der Waals surface area contributed by atoms with E-state index >= 15 is 0 Å². The zero-order chi connectivity index (χ0) is 16.4. The second kappa shape index (κ2) is 5.88. The Morgan fingerprint density at radius 2 is 2.13 bits per heavy atom. The molecule has 0 spiro atoms. The Labute approximate surface area is 131 Å². The van der Waals surface area contributed by atoms with Crippen molar-refractivity contribution in [2.75, 3.05) is 11.9 Å². The molecule has 7 heteroatoms. The van der Waals surface area contributed by atoms with Gasteiger partial charge in [0.1, 0.15) is 18.0 Å². The van der Waals surface area contributed by atoms with Gasteiger partial charge in [-0.15, -0.1) is 0 Å². The fraction of sp³-hybridized carbons (Fsp3) is 0.125. The summed E-state index contributed by atoms with van der Waals surface area (Å²) in [6.45, 7) is 1.26. The smallest absolute Gasteiger partial charge is 0.322 e. The third-order valence-electron chi connectivity index (χ3n) is 3.40. The molecular formula is C16H14N4O3. The molecule has 0 unspecified atom stereocenters. The Balaban J connectivity index is 2.05. The number of anilines is 1. The maximum absolute atomic E-state index is 11.3. The molecular weight excluding hydrogens is 296 g/mol. The van der Waals surface area contributed by atoms with E-state index in [1.165, 1.54) is 13.1 Å². The van der Waals surface area contributed by atoms with Crippen molar-refractivity contribution in [2.45, 2.75) is 6.92 Å². The number of nitrogens with one attached hydrogen (secondary N) is 2. The molecule has 0 aromatic carbocycles. The average molecular weight is 310 g/mol. The minimum absolute atomic E-state index is 0.0469. The molecule has 0 amide bonds. The SMILES string of the molecule is CC(=O)c1ccc(-c2cc(NCC(=O)O)nc3[nH]ccc23)nc1. The fourth-order valence-electron chi connectivity index (χ4n) is 2.27. The summed E-state index contributed by atoms with van der Waals surface area (Å²) >= 11 is 0. The van der Waals surface area contributed by atoms with Crippen LogP contribution in [-0.4, -0.2) is 38.4 Å². The van der Waals surface area contributed by atoms with Gasteiger partial charge in [0.2, 0.25) is 0 Å². The van der Waals surface area contributed by atoms with E-state index in [1.54, 1.807) is 24.4 Å². The first kappa shape index (κ1) is 14.7. The Kier molecular flexibility index (Phi) is 3.76. The van der Waals surface area contributed by atoms with E-state index in [2.05, 4.69) is 20.3 Å². The number of carbonyl (C=O) groups excluding carboxylic acids is 1. The molecule has 3 heterocycles. The number of H-pyrrole nitrogens is 1. The molecule has 0 saturated carbocycles. The van der Waals surface area contributed by atoms with Gasteiger partial charge in [0.05, 0.1) is 5.69 Å². The van der Waals surface area contributed by atoms with Gasteiger partial charge in [0.25, 0.3) is 0 Å². The second-order valence-corrected chi connectivity index (χ2v) is 5.03. The van der Waals surface area contributed by atoms with Crippen LogP contribution in [0.3, 0.4) is 0 Å². The number of Topliss-reactive ketones (excluding diaryl/α,β-unsaturated/α-hetero) is 1. The lowest BCUT2D eigenvalue weighted by Gasteiger charge is -2.08. The van der Waals surface area contributed by atoms with E-state index in [0.29, 0.717) is 22.7 Å². The van der Waals surface area contributed by atoms with Gasteiger partial charge < -0.3 is 15.4 Å². The van der Waals surface area contributed by atoms with Crippen molar-refractivity contribution in [1.82, 2.24) is 15.0 Å². The van der Waals surface area contributed by atoms with Gasteiger partial charge >= 0.3 is 5.97 Å². The fourth-order valence-corrected chi connectivity index (χ4v) is 2.27. The number of aliphatic carboxylic acids is 1. The van der Waals surface area contributed by atoms with Crippen LogP contribution in [-0.2, 0) is 4.79 Å². The number of hydrogen-bond donors (Lipinski definition) is 3. The van der Waals surface area contributed by atoms with E-state index in [9.17, 15) is 9.59 Å². The number of carboxylic acids is 1. The van der Waals surface area contributed by atoms with Gasteiger partial charge in [0.15, 0.2) is 5.78 Å². The summed E-state index contributed by atoms with van der Waals surface area (Å²) in [7, 11) is 0. The van der Waals surface area contributed by atoms with Crippen molar-refractivity contribution in [2.24, 2.45) is 0 Å². The van der Waals surface area contributed by atoms with Crippen LogP contribution in [0.1, 0.15) is 17.3 Å². The Bertz CT molecular complexity index is 884. The number of ketones is 1. The number of rotatable bonds is 5. The predicted octanol–water partition coefficient (Wildman–Crippen LogP) is 2.32. The zero-order valence-corrected chi connectivity index (χ0v) is 12.3. The molecule has 0 radical (unpaired) electrons. The summed E-state index contributed by atoms with van der Waals surface area (Å²) in [4.78, 5) is 33.7. The molecule has 116 valence electrons. The molecule has 0 saturated heterocycles. The van der Waals surface area contributed by atoms with Gasteiger partial charge in [-0.3, -0.25) is 14.6 Å². The number of aromatic amines is 1. The second-order valence-electron chi connectivity index (χ2n) is 5.03. The maximum Gasteiger partial charge on any atom is 0.322 e. The van der Waals surface area contributed by atoms with Crippen molar-refractivity contribution in [3.63, 3.8) is 0 Å². The van der Waals surface area contributed by atoms with Crippen molar-refractivity contribution in [3.05, 3.63) is 42.2 Å². The van der Waals surface area contributed by atoms with Gasteiger partial charge in [0, 0.05) is 28.9 Å². The van der Waals surface area contributed by atoms with Crippen molar-refractivity contribution in [1.29, 1.82) is 0 Å². The molecule has 0 aliphatic carbocycles. The van der Waals surface area contributed by atoms with Crippen LogP contribution in [0, 0.1) is 0 Å². The number of carbonyl (C=O) groups is 2. The van der Waals surface area contributed by atoms with Gasteiger partial charge in [-0.2, -0.15) is 0 Å². The molecule has 23 heavy (non-hydrogen) atoms. The van der Waals surface area contributed by atoms with Crippen LogP contribution in [0.2, 0.25) is 0 Å². The molecule has 0 atom stereocenters. The molecule has 3 N–H and O–H groups in total. The number of fused-ring (bicyclic) bond motifs is 1. The molecule has 0 fully saturated rings. The van der Waals surface area contributed by atoms with Crippen LogP contribution in [0.25, 0.3) is 22.3 Å². The highest BCUT2D eigenvalue weighted by molar-refractivity contribution is 5.96. The maximum atomic E-state index is 11.3. The molecule has 0 aliphatic rings. The van der Waals surface area contributed by atoms with E-state index in [4.69, 9.17) is 5.11 Å². The minimum Gasteiger partial charge on any atom is -0.480 e. The minimum atomic E-state index is -0.969. The Morgan fingerprint density at radius 3 is 2.78 bits per heavy atom. The van der Waals surface area contributed by atoms with Gasteiger partial charge in [-0.05, 0) is 31.2 Å². The highest BCUT2D eigenvalue weighted by Crippen LogP contribution is 2.28. The molecule has 3 aromatic heterocycles. The number of nitrogens with zero attached hydrogens (tertiary/aromatic N) is 2.